The number of ether oxygens (including phenoxy) is 1. The molecule has 0 aliphatic carbocycles. The van der Waals surface area contributed by atoms with Gasteiger partial charge in [0, 0.05) is 19.7 Å². The molecule has 2 amide bonds. The van der Waals surface area contributed by atoms with Gasteiger partial charge in [-0.2, -0.15) is 0 Å². The molecule has 0 radical (unpaired) electrons. The molecule has 2 aromatic carbocycles. The third-order valence-corrected chi connectivity index (χ3v) is 5.02. The van der Waals surface area contributed by atoms with Crippen LogP contribution in [0.4, 0.5) is 5.69 Å². The van der Waals surface area contributed by atoms with Crippen LogP contribution in [0.15, 0.2) is 65.1 Å². The van der Waals surface area contributed by atoms with Gasteiger partial charge in [-0.25, -0.2) is 0 Å². The van der Waals surface area contributed by atoms with Crippen molar-refractivity contribution in [1.29, 1.82) is 0 Å². The number of amides is 2. The second-order valence-corrected chi connectivity index (χ2v) is 7.27. The Bertz CT molecular complexity index is 1080. The van der Waals surface area contributed by atoms with E-state index in [1.165, 1.54) is 9.80 Å². The smallest absolute Gasteiger partial charge is 0.294 e. The summed E-state index contributed by atoms with van der Waals surface area (Å²) >= 11 is 6.23. The lowest BCUT2D eigenvalue weighted by molar-refractivity contribution is -0.135. The van der Waals surface area contributed by atoms with Crippen LogP contribution in [0.25, 0.3) is 11.3 Å². The third kappa shape index (κ3) is 3.59. The van der Waals surface area contributed by atoms with Gasteiger partial charge < -0.3 is 14.1 Å². The lowest BCUT2D eigenvalue weighted by atomic mass is 10.1. The topological polar surface area (TPSA) is 63.0 Å². The molecule has 3 aromatic rings. The predicted molar refractivity (Wildman–Crippen MR) is 110 cm³/mol. The molecule has 0 N–H and O–H groups in total. The van der Waals surface area contributed by atoms with Gasteiger partial charge in [-0.3, -0.25) is 14.5 Å². The average molecular weight is 411 g/mol. The van der Waals surface area contributed by atoms with E-state index in [1.807, 2.05) is 24.3 Å². The highest BCUT2D eigenvalue weighted by molar-refractivity contribution is 6.33. The Hall–Kier alpha value is -3.25. The van der Waals surface area contributed by atoms with Crippen LogP contribution in [0.1, 0.15) is 10.6 Å². The molecule has 1 aliphatic heterocycles. The van der Waals surface area contributed by atoms with Crippen LogP contribution in [-0.2, 0) is 4.79 Å². The van der Waals surface area contributed by atoms with Crippen molar-refractivity contribution in [3.05, 3.63) is 71.4 Å². The summed E-state index contributed by atoms with van der Waals surface area (Å²) in [6, 6.07) is 17.7. The molecule has 0 saturated heterocycles. The molecular formula is C22H19ClN2O4. The number of fused-ring (bicyclic) bond motifs is 1. The summed E-state index contributed by atoms with van der Waals surface area (Å²) in [4.78, 5) is 28.7. The van der Waals surface area contributed by atoms with Crippen LogP contribution >= 0.6 is 11.6 Å². The maximum atomic E-state index is 13.2. The van der Waals surface area contributed by atoms with Gasteiger partial charge in [0.25, 0.3) is 11.8 Å². The Labute approximate surface area is 173 Å². The zero-order valence-electron chi connectivity index (χ0n) is 16.0. The molecular weight excluding hydrogens is 392 g/mol. The van der Waals surface area contributed by atoms with Crippen molar-refractivity contribution < 1.29 is 18.7 Å². The van der Waals surface area contributed by atoms with Gasteiger partial charge in [-0.15, -0.1) is 0 Å². The highest BCUT2D eigenvalue weighted by Gasteiger charge is 2.35. The summed E-state index contributed by atoms with van der Waals surface area (Å²) in [7, 11) is 3.31. The largest absolute Gasteiger partial charge is 0.476 e. The zero-order chi connectivity index (χ0) is 20.5. The lowest BCUT2D eigenvalue weighted by Crippen LogP contribution is -2.50. The molecule has 0 fully saturated rings. The van der Waals surface area contributed by atoms with Crippen LogP contribution in [0.2, 0.25) is 5.02 Å². The lowest BCUT2D eigenvalue weighted by Gasteiger charge is -2.34. The molecule has 1 aromatic heterocycles. The minimum atomic E-state index is -0.790. The number of rotatable bonds is 3. The number of benzene rings is 2. The van der Waals surface area contributed by atoms with Gasteiger partial charge in [0.15, 0.2) is 11.9 Å². The minimum Gasteiger partial charge on any atom is -0.476 e. The van der Waals surface area contributed by atoms with Gasteiger partial charge >= 0.3 is 0 Å². The first-order valence-corrected chi connectivity index (χ1v) is 9.47. The summed E-state index contributed by atoms with van der Waals surface area (Å²) in [6.45, 7) is 0.0922. The Morgan fingerprint density at radius 1 is 1.03 bits per heavy atom. The standard InChI is InChI=1S/C22H19ClN2O4/c1-24(2)21(26)20-13-25(16-9-5-6-10-18(16)29-20)22(27)19-12-11-17(28-19)14-7-3-4-8-15(14)23/h3-12,20H,13H2,1-2H3/t20-/m0/s1. The van der Waals surface area contributed by atoms with Crippen molar-refractivity contribution in [3.8, 4) is 17.1 Å². The van der Waals surface area contributed by atoms with Crippen LogP contribution in [-0.4, -0.2) is 43.5 Å². The van der Waals surface area contributed by atoms with E-state index >= 15 is 0 Å². The summed E-state index contributed by atoms with van der Waals surface area (Å²) < 4.78 is 11.6. The van der Waals surface area contributed by atoms with Crippen LogP contribution in [0.5, 0.6) is 5.75 Å². The van der Waals surface area contributed by atoms with E-state index in [-0.39, 0.29) is 24.1 Å². The highest BCUT2D eigenvalue weighted by atomic mass is 35.5. The van der Waals surface area contributed by atoms with Gasteiger partial charge in [-0.1, -0.05) is 35.9 Å². The molecule has 148 valence electrons. The molecule has 1 aliphatic rings. The normalized spacial score (nSPS) is 15.4. The second kappa shape index (κ2) is 7.64. The molecule has 4 rings (SSSR count). The number of carbonyl (C=O) groups is 2. The predicted octanol–water partition coefficient (Wildman–Crippen LogP) is 4.10. The summed E-state index contributed by atoms with van der Waals surface area (Å²) in [5.41, 5.74) is 1.30. The Morgan fingerprint density at radius 2 is 1.76 bits per heavy atom. The summed E-state index contributed by atoms with van der Waals surface area (Å²) in [5.74, 6) is 0.573. The first-order chi connectivity index (χ1) is 14.0. The van der Waals surface area contributed by atoms with E-state index < -0.39 is 6.10 Å². The number of likely N-dealkylation sites (N-methyl/N-ethyl adjacent to an activating group) is 1. The molecule has 6 nitrogen and oxygen atoms in total. The fraction of sp³-hybridized carbons (Fsp3) is 0.182. The van der Waals surface area contributed by atoms with Crippen LogP contribution in [0, 0.1) is 0 Å². The maximum Gasteiger partial charge on any atom is 0.294 e. The van der Waals surface area contributed by atoms with Crippen LogP contribution < -0.4 is 9.64 Å². The van der Waals surface area contributed by atoms with Crippen molar-refractivity contribution in [2.75, 3.05) is 25.5 Å². The Morgan fingerprint density at radius 3 is 2.52 bits per heavy atom. The number of carbonyl (C=O) groups excluding carboxylic acids is 2. The number of halogens is 1. The summed E-state index contributed by atoms with van der Waals surface area (Å²) in [5, 5.41) is 0.536. The first-order valence-electron chi connectivity index (χ1n) is 9.09. The first kappa shape index (κ1) is 19.1. The molecule has 0 bridgehead atoms. The van der Waals surface area contributed by atoms with Crippen molar-refractivity contribution >= 4 is 29.1 Å². The Balaban J connectivity index is 1.67. The van der Waals surface area contributed by atoms with Crippen molar-refractivity contribution in [3.63, 3.8) is 0 Å². The monoisotopic (exact) mass is 410 g/mol. The van der Waals surface area contributed by atoms with E-state index in [4.69, 9.17) is 20.8 Å². The van der Waals surface area contributed by atoms with E-state index in [0.29, 0.717) is 27.8 Å². The SMILES string of the molecule is CN(C)C(=O)[C@@H]1CN(C(=O)c2ccc(-c3ccccc3Cl)o2)c2ccccc2O1. The number of hydrogen-bond acceptors (Lipinski definition) is 4. The van der Waals surface area contributed by atoms with Gasteiger partial charge in [0.2, 0.25) is 0 Å². The van der Waals surface area contributed by atoms with E-state index in [1.54, 1.807) is 50.5 Å². The van der Waals surface area contributed by atoms with Crippen molar-refractivity contribution in [2.24, 2.45) is 0 Å². The Kier molecular flexibility index (Phi) is 5.03. The third-order valence-electron chi connectivity index (χ3n) is 4.69. The van der Waals surface area contributed by atoms with Crippen molar-refractivity contribution in [2.45, 2.75) is 6.10 Å². The molecule has 7 heteroatoms. The van der Waals surface area contributed by atoms with E-state index in [2.05, 4.69) is 0 Å². The molecule has 2 heterocycles. The van der Waals surface area contributed by atoms with Gasteiger partial charge in [-0.05, 0) is 36.4 Å². The molecule has 1 atom stereocenters. The minimum absolute atomic E-state index is 0.0922. The molecule has 0 saturated carbocycles. The molecule has 0 unspecified atom stereocenters. The molecule has 0 spiro atoms. The van der Waals surface area contributed by atoms with Crippen LogP contribution in [0.3, 0.4) is 0 Å². The van der Waals surface area contributed by atoms with Gasteiger partial charge in [0.05, 0.1) is 17.3 Å². The van der Waals surface area contributed by atoms with E-state index in [0.717, 1.165) is 0 Å². The van der Waals surface area contributed by atoms with E-state index in [9.17, 15) is 9.59 Å². The highest BCUT2D eigenvalue weighted by Crippen LogP contribution is 2.35. The summed E-state index contributed by atoms with van der Waals surface area (Å²) in [6.07, 6.45) is -0.790. The number of nitrogens with zero attached hydrogens (tertiary/aromatic N) is 2. The fourth-order valence-electron chi connectivity index (χ4n) is 3.23. The van der Waals surface area contributed by atoms with Gasteiger partial charge in [0.1, 0.15) is 11.5 Å². The number of furan rings is 1. The quantitative estimate of drug-likeness (QED) is 0.652. The number of anilines is 1. The fourth-order valence-corrected chi connectivity index (χ4v) is 3.46. The second-order valence-electron chi connectivity index (χ2n) is 6.87. The number of para-hydroxylation sites is 2. The average Bonchev–Trinajstić information content (AvgIpc) is 3.22. The zero-order valence-corrected chi connectivity index (χ0v) is 16.7. The molecule has 29 heavy (non-hydrogen) atoms. The van der Waals surface area contributed by atoms with Crippen molar-refractivity contribution in [1.82, 2.24) is 4.90 Å². The maximum absolute atomic E-state index is 13.2. The number of hydrogen-bond donors (Lipinski definition) is 0.